The quantitative estimate of drug-likeness (QED) is 0.843. The molecule has 1 atom stereocenters. The third-order valence-corrected chi connectivity index (χ3v) is 5.76. The van der Waals surface area contributed by atoms with Gasteiger partial charge in [-0.3, -0.25) is 4.79 Å². The Kier molecular flexibility index (Phi) is 3.68. The Labute approximate surface area is 109 Å². The number of carbonyl (C=O) groups is 1. The van der Waals surface area contributed by atoms with E-state index in [1.165, 1.54) is 0 Å². The first-order valence-electron chi connectivity index (χ1n) is 5.51. The number of sulfone groups is 1. The van der Waals surface area contributed by atoms with Crippen LogP contribution in [0.5, 0.6) is 0 Å². The van der Waals surface area contributed by atoms with Gasteiger partial charge in [-0.15, -0.1) is 0 Å². The maximum Gasteiger partial charge on any atom is 0.181 e. The summed E-state index contributed by atoms with van der Waals surface area (Å²) in [6.07, 6.45) is 1.95. The molecule has 1 aromatic rings. The van der Waals surface area contributed by atoms with Crippen LogP contribution in [-0.4, -0.2) is 19.5 Å². The molecular weight excluding hydrogens is 304 g/mol. The molecule has 2 rings (SSSR count). The van der Waals surface area contributed by atoms with Gasteiger partial charge >= 0.3 is 0 Å². The second-order valence-corrected chi connectivity index (χ2v) is 7.40. The minimum atomic E-state index is -3.35. The molecular formula is C12H13BrO3S. The van der Waals surface area contributed by atoms with Crippen molar-refractivity contribution in [1.29, 1.82) is 0 Å². The Hall–Kier alpha value is -0.680. The highest BCUT2D eigenvalue weighted by molar-refractivity contribution is 9.10. The zero-order chi connectivity index (χ0) is 12.5. The fraction of sp³-hybridized carbons (Fsp3) is 0.417. The molecule has 1 aromatic carbocycles. The highest BCUT2D eigenvalue weighted by atomic mass is 79.9. The molecule has 1 fully saturated rings. The second kappa shape index (κ2) is 4.90. The van der Waals surface area contributed by atoms with Crippen molar-refractivity contribution in [3.05, 3.63) is 28.7 Å². The summed E-state index contributed by atoms with van der Waals surface area (Å²) < 4.78 is 25.4. The van der Waals surface area contributed by atoms with Crippen molar-refractivity contribution >= 4 is 31.6 Å². The molecule has 1 aliphatic carbocycles. The van der Waals surface area contributed by atoms with Gasteiger partial charge < -0.3 is 0 Å². The van der Waals surface area contributed by atoms with E-state index in [1.54, 1.807) is 24.3 Å². The molecule has 3 nitrogen and oxygen atoms in total. The van der Waals surface area contributed by atoms with Crippen molar-refractivity contribution in [2.45, 2.75) is 35.8 Å². The lowest BCUT2D eigenvalue weighted by Crippen LogP contribution is -2.28. The Morgan fingerprint density at radius 2 is 1.82 bits per heavy atom. The van der Waals surface area contributed by atoms with Crippen molar-refractivity contribution in [2.24, 2.45) is 0 Å². The van der Waals surface area contributed by atoms with E-state index < -0.39 is 15.1 Å². The molecule has 5 heteroatoms. The predicted octanol–water partition coefficient (Wildman–Crippen LogP) is 2.73. The highest BCUT2D eigenvalue weighted by Crippen LogP contribution is 2.27. The van der Waals surface area contributed by atoms with Crippen LogP contribution in [0, 0.1) is 0 Å². The molecule has 17 heavy (non-hydrogen) atoms. The zero-order valence-electron chi connectivity index (χ0n) is 9.23. The first-order chi connectivity index (χ1) is 8.00. The zero-order valence-corrected chi connectivity index (χ0v) is 11.6. The van der Waals surface area contributed by atoms with Gasteiger partial charge in [-0.25, -0.2) is 8.42 Å². The number of Topliss-reactive ketones (excluding diaryl/α,β-unsaturated/α-hetero) is 1. The Balaban J connectivity index is 2.29. The maximum absolute atomic E-state index is 12.3. The first-order valence-corrected chi connectivity index (χ1v) is 7.85. The number of hydrogen-bond donors (Lipinski definition) is 0. The molecule has 0 aliphatic heterocycles. The van der Waals surface area contributed by atoms with Crippen molar-refractivity contribution in [1.82, 2.24) is 0 Å². The lowest BCUT2D eigenvalue weighted by atomic mass is 9.99. The van der Waals surface area contributed by atoms with Gasteiger partial charge in [0.15, 0.2) is 9.84 Å². The lowest BCUT2D eigenvalue weighted by molar-refractivity contribution is -0.120. The van der Waals surface area contributed by atoms with E-state index in [0.29, 0.717) is 24.2 Å². The fourth-order valence-corrected chi connectivity index (χ4v) is 4.11. The van der Waals surface area contributed by atoms with Crippen LogP contribution in [0.15, 0.2) is 33.6 Å². The second-order valence-electron chi connectivity index (χ2n) is 4.26. The third-order valence-electron chi connectivity index (χ3n) is 3.02. The van der Waals surface area contributed by atoms with Gasteiger partial charge in [0.25, 0.3) is 0 Å². The van der Waals surface area contributed by atoms with E-state index in [2.05, 4.69) is 15.9 Å². The van der Waals surface area contributed by atoms with Crippen LogP contribution in [0.1, 0.15) is 25.7 Å². The van der Waals surface area contributed by atoms with Crippen LogP contribution in [0.2, 0.25) is 0 Å². The van der Waals surface area contributed by atoms with Crippen molar-refractivity contribution < 1.29 is 13.2 Å². The molecule has 0 spiro atoms. The van der Waals surface area contributed by atoms with Crippen LogP contribution in [0.4, 0.5) is 0 Å². The van der Waals surface area contributed by atoms with Gasteiger partial charge in [0.05, 0.1) is 10.1 Å². The minimum absolute atomic E-state index is 0.0573. The SMILES string of the molecule is O=C1CCCC(S(=O)(=O)c2ccc(Br)cc2)C1. The Morgan fingerprint density at radius 3 is 2.41 bits per heavy atom. The van der Waals surface area contributed by atoms with Crippen LogP contribution >= 0.6 is 15.9 Å². The smallest absolute Gasteiger partial charge is 0.181 e. The van der Waals surface area contributed by atoms with E-state index in [4.69, 9.17) is 0 Å². The summed E-state index contributed by atoms with van der Waals surface area (Å²) in [4.78, 5) is 11.6. The summed E-state index contributed by atoms with van der Waals surface area (Å²) in [7, 11) is -3.35. The lowest BCUT2D eigenvalue weighted by Gasteiger charge is -2.21. The molecule has 0 radical (unpaired) electrons. The molecule has 0 amide bonds. The minimum Gasteiger partial charge on any atom is -0.300 e. The highest BCUT2D eigenvalue weighted by Gasteiger charge is 2.31. The van der Waals surface area contributed by atoms with E-state index in [-0.39, 0.29) is 12.2 Å². The summed E-state index contributed by atoms with van der Waals surface area (Å²) >= 11 is 3.27. The normalized spacial score (nSPS) is 21.5. The summed E-state index contributed by atoms with van der Waals surface area (Å²) in [6, 6.07) is 6.58. The summed E-state index contributed by atoms with van der Waals surface area (Å²) in [5.74, 6) is 0.0573. The average molecular weight is 317 g/mol. The molecule has 0 heterocycles. The van der Waals surface area contributed by atoms with E-state index in [1.807, 2.05) is 0 Å². The average Bonchev–Trinajstić information content (AvgIpc) is 2.29. The van der Waals surface area contributed by atoms with Crippen molar-refractivity contribution in [3.63, 3.8) is 0 Å². The molecule has 0 saturated heterocycles. The maximum atomic E-state index is 12.3. The number of benzene rings is 1. The van der Waals surface area contributed by atoms with E-state index in [0.717, 1.165) is 4.47 Å². The van der Waals surface area contributed by atoms with Gasteiger partial charge in [-0.2, -0.15) is 0 Å². The van der Waals surface area contributed by atoms with Gasteiger partial charge in [0.2, 0.25) is 0 Å². The van der Waals surface area contributed by atoms with Gasteiger partial charge in [-0.1, -0.05) is 15.9 Å². The summed E-state index contributed by atoms with van der Waals surface area (Å²) in [5, 5.41) is -0.537. The molecule has 0 aromatic heterocycles. The molecule has 0 N–H and O–H groups in total. The standard InChI is InChI=1S/C12H13BrO3S/c13-9-4-6-11(7-5-9)17(15,16)12-3-1-2-10(14)8-12/h4-7,12H,1-3,8H2. The Bertz CT molecular complexity index is 519. The van der Waals surface area contributed by atoms with Crippen molar-refractivity contribution in [3.8, 4) is 0 Å². The Morgan fingerprint density at radius 1 is 1.18 bits per heavy atom. The molecule has 1 aliphatic rings. The topological polar surface area (TPSA) is 51.2 Å². The number of hydrogen-bond acceptors (Lipinski definition) is 3. The van der Waals surface area contributed by atoms with Crippen LogP contribution in [0.3, 0.4) is 0 Å². The summed E-state index contributed by atoms with van der Waals surface area (Å²) in [6.45, 7) is 0. The predicted molar refractivity (Wildman–Crippen MR) is 68.6 cm³/mol. The van der Waals surface area contributed by atoms with Crippen LogP contribution in [-0.2, 0) is 14.6 Å². The molecule has 1 saturated carbocycles. The fourth-order valence-electron chi connectivity index (χ4n) is 2.07. The van der Waals surface area contributed by atoms with E-state index >= 15 is 0 Å². The molecule has 1 unspecified atom stereocenters. The van der Waals surface area contributed by atoms with Crippen molar-refractivity contribution in [2.75, 3.05) is 0 Å². The molecule has 0 bridgehead atoms. The largest absolute Gasteiger partial charge is 0.300 e. The third kappa shape index (κ3) is 2.77. The number of halogens is 1. The number of ketones is 1. The summed E-state index contributed by atoms with van der Waals surface area (Å²) in [5.41, 5.74) is 0. The number of carbonyl (C=O) groups excluding carboxylic acids is 1. The van der Waals surface area contributed by atoms with Gasteiger partial charge in [0.1, 0.15) is 5.78 Å². The number of rotatable bonds is 2. The van der Waals surface area contributed by atoms with E-state index in [9.17, 15) is 13.2 Å². The van der Waals surface area contributed by atoms with Crippen LogP contribution < -0.4 is 0 Å². The van der Waals surface area contributed by atoms with Gasteiger partial charge in [0, 0.05) is 17.3 Å². The monoisotopic (exact) mass is 316 g/mol. The molecule has 92 valence electrons. The van der Waals surface area contributed by atoms with Crippen LogP contribution in [0.25, 0.3) is 0 Å². The van der Waals surface area contributed by atoms with Gasteiger partial charge in [-0.05, 0) is 37.1 Å². The first kappa shape index (κ1) is 12.8.